The van der Waals surface area contributed by atoms with E-state index in [0.717, 1.165) is 19.3 Å². The largest absolute Gasteiger partial charge is 0.481 e. The lowest BCUT2D eigenvalue weighted by Crippen LogP contribution is -2.64. The molecule has 1 saturated carbocycles. The average Bonchev–Trinajstić information content (AvgIpc) is 2.86. The van der Waals surface area contributed by atoms with Crippen molar-refractivity contribution in [2.45, 2.75) is 130 Å². The molecule has 0 spiro atoms. The van der Waals surface area contributed by atoms with Gasteiger partial charge in [0.2, 0.25) is 0 Å². The molecule has 2 aliphatic carbocycles. The molecular weight excluding hydrogens is 516 g/mol. The number of aliphatic carboxylic acids is 1. The standard InChI is InChI=1S/C31H50O9/c1-9-17(3)28(37)40-27-21(39-29-26(36)25(35)24(34)19(5)38-29)15-31(8)20(12-10-16(2)14-23(32)33)18(4)11-13-22(31)30(27,6)7/h9,11,16,19-22,24-27,29,34-36H,10,12-15H2,1-8H3,(H,32,33)/b17-9-/t16-,19-,20+,21-,22+,24-,25+,26+,27+,29-,31-/m0/s1. The van der Waals surface area contributed by atoms with Crippen molar-refractivity contribution >= 4 is 11.9 Å². The molecule has 0 aromatic heterocycles. The van der Waals surface area contributed by atoms with Crippen LogP contribution in [-0.2, 0) is 23.8 Å². The van der Waals surface area contributed by atoms with E-state index in [1.54, 1.807) is 26.8 Å². The van der Waals surface area contributed by atoms with E-state index in [-0.39, 0.29) is 29.6 Å². The van der Waals surface area contributed by atoms with E-state index in [1.165, 1.54) is 5.57 Å². The second-order valence-corrected chi connectivity index (χ2v) is 13.3. The Bertz CT molecular complexity index is 987. The number of esters is 1. The van der Waals surface area contributed by atoms with Crippen molar-refractivity contribution in [3.8, 4) is 0 Å². The Labute approximate surface area is 238 Å². The first kappa shape index (κ1) is 32.7. The molecule has 228 valence electrons. The first-order chi connectivity index (χ1) is 18.5. The summed E-state index contributed by atoms with van der Waals surface area (Å²) in [7, 11) is 0. The van der Waals surface area contributed by atoms with E-state index in [4.69, 9.17) is 14.2 Å². The van der Waals surface area contributed by atoms with Gasteiger partial charge in [-0.1, -0.05) is 45.4 Å². The molecule has 40 heavy (non-hydrogen) atoms. The van der Waals surface area contributed by atoms with Crippen LogP contribution in [0.3, 0.4) is 0 Å². The summed E-state index contributed by atoms with van der Waals surface area (Å²) in [6.07, 6.45) is -0.486. The Morgan fingerprint density at radius 2 is 1.82 bits per heavy atom. The first-order valence-electron chi connectivity index (χ1n) is 14.6. The van der Waals surface area contributed by atoms with Gasteiger partial charge in [0, 0.05) is 17.4 Å². The summed E-state index contributed by atoms with van der Waals surface area (Å²) in [6.45, 7) is 15.6. The van der Waals surface area contributed by atoms with Crippen LogP contribution in [0.15, 0.2) is 23.3 Å². The number of fused-ring (bicyclic) bond motifs is 1. The molecule has 2 fully saturated rings. The van der Waals surface area contributed by atoms with Gasteiger partial charge in [-0.3, -0.25) is 4.79 Å². The molecule has 1 aliphatic heterocycles. The van der Waals surface area contributed by atoms with Gasteiger partial charge >= 0.3 is 11.9 Å². The molecule has 11 atom stereocenters. The molecule has 3 aliphatic rings. The molecule has 0 aromatic carbocycles. The zero-order valence-corrected chi connectivity index (χ0v) is 25.3. The summed E-state index contributed by atoms with van der Waals surface area (Å²) in [4.78, 5) is 24.3. The quantitative estimate of drug-likeness (QED) is 0.185. The van der Waals surface area contributed by atoms with Crippen molar-refractivity contribution < 1.29 is 44.2 Å². The van der Waals surface area contributed by atoms with Crippen LogP contribution in [0.5, 0.6) is 0 Å². The summed E-state index contributed by atoms with van der Waals surface area (Å²) in [5, 5.41) is 40.6. The van der Waals surface area contributed by atoms with Gasteiger partial charge in [0.15, 0.2) is 6.29 Å². The average molecular weight is 567 g/mol. The van der Waals surface area contributed by atoms with E-state index in [9.17, 15) is 30.0 Å². The van der Waals surface area contributed by atoms with Gasteiger partial charge in [0.25, 0.3) is 0 Å². The highest BCUT2D eigenvalue weighted by atomic mass is 16.7. The number of carbonyl (C=O) groups excluding carboxylic acids is 1. The normalized spacial score (nSPS) is 40.5. The van der Waals surface area contributed by atoms with Crippen molar-refractivity contribution in [1.29, 1.82) is 0 Å². The monoisotopic (exact) mass is 566 g/mol. The van der Waals surface area contributed by atoms with Crippen LogP contribution in [0.25, 0.3) is 0 Å². The molecular formula is C31H50O9. The highest BCUT2D eigenvalue weighted by Crippen LogP contribution is 2.62. The molecule has 4 N–H and O–H groups in total. The summed E-state index contributed by atoms with van der Waals surface area (Å²) >= 11 is 0. The third-order valence-corrected chi connectivity index (χ3v) is 10.0. The van der Waals surface area contributed by atoms with Gasteiger partial charge in [-0.05, 0) is 76.5 Å². The molecule has 9 heteroatoms. The van der Waals surface area contributed by atoms with Gasteiger partial charge in [0.1, 0.15) is 24.4 Å². The highest BCUT2D eigenvalue weighted by molar-refractivity contribution is 5.87. The molecule has 0 unspecified atom stereocenters. The minimum atomic E-state index is -1.48. The predicted molar refractivity (Wildman–Crippen MR) is 149 cm³/mol. The maximum Gasteiger partial charge on any atom is 0.333 e. The number of aliphatic hydroxyl groups excluding tert-OH is 3. The van der Waals surface area contributed by atoms with Gasteiger partial charge in [-0.2, -0.15) is 0 Å². The van der Waals surface area contributed by atoms with Crippen LogP contribution >= 0.6 is 0 Å². The summed E-state index contributed by atoms with van der Waals surface area (Å²) in [5.74, 6) is -0.904. The number of hydrogen-bond donors (Lipinski definition) is 4. The number of hydrogen-bond acceptors (Lipinski definition) is 8. The number of carboxylic acid groups (broad SMARTS) is 1. The number of carboxylic acids is 1. The van der Waals surface area contributed by atoms with Gasteiger partial charge in [-0.25, -0.2) is 4.79 Å². The van der Waals surface area contributed by atoms with Gasteiger partial charge in [-0.15, -0.1) is 0 Å². The van der Waals surface area contributed by atoms with E-state index in [0.29, 0.717) is 12.0 Å². The third-order valence-electron chi connectivity index (χ3n) is 10.0. The Kier molecular flexibility index (Phi) is 10.3. The van der Waals surface area contributed by atoms with Crippen molar-refractivity contribution in [2.75, 3.05) is 0 Å². The van der Waals surface area contributed by atoms with Crippen LogP contribution < -0.4 is 0 Å². The van der Waals surface area contributed by atoms with Crippen LogP contribution in [0.2, 0.25) is 0 Å². The predicted octanol–water partition coefficient (Wildman–Crippen LogP) is 3.99. The first-order valence-corrected chi connectivity index (χ1v) is 14.6. The number of allylic oxidation sites excluding steroid dienone is 3. The molecule has 0 bridgehead atoms. The fourth-order valence-electron chi connectivity index (χ4n) is 7.51. The van der Waals surface area contributed by atoms with Crippen LogP contribution in [0, 0.1) is 28.6 Å². The topological polar surface area (TPSA) is 143 Å². The van der Waals surface area contributed by atoms with Crippen molar-refractivity contribution in [3.05, 3.63) is 23.3 Å². The molecule has 3 rings (SSSR count). The van der Waals surface area contributed by atoms with Crippen molar-refractivity contribution in [1.82, 2.24) is 0 Å². The number of rotatable bonds is 9. The van der Waals surface area contributed by atoms with E-state index in [2.05, 4.69) is 33.8 Å². The number of ether oxygens (including phenoxy) is 3. The zero-order chi connectivity index (χ0) is 30.2. The minimum absolute atomic E-state index is 0.0376. The number of carbonyl (C=O) groups is 2. The lowest BCUT2D eigenvalue weighted by atomic mass is 9.46. The fourth-order valence-corrected chi connectivity index (χ4v) is 7.51. The lowest BCUT2D eigenvalue weighted by molar-refractivity contribution is -0.325. The van der Waals surface area contributed by atoms with E-state index < -0.39 is 60.3 Å². The van der Waals surface area contributed by atoms with Gasteiger partial charge < -0.3 is 34.6 Å². The van der Waals surface area contributed by atoms with Crippen LogP contribution in [0.1, 0.15) is 87.5 Å². The molecule has 1 saturated heterocycles. The Morgan fingerprint density at radius 3 is 2.42 bits per heavy atom. The maximum absolute atomic E-state index is 13.0. The summed E-state index contributed by atoms with van der Waals surface area (Å²) in [5.41, 5.74) is 0.927. The molecule has 0 radical (unpaired) electrons. The second kappa shape index (κ2) is 12.6. The van der Waals surface area contributed by atoms with Crippen molar-refractivity contribution in [2.24, 2.45) is 28.6 Å². The molecule has 9 nitrogen and oxygen atoms in total. The zero-order valence-electron chi connectivity index (χ0n) is 25.3. The van der Waals surface area contributed by atoms with Crippen molar-refractivity contribution in [3.63, 3.8) is 0 Å². The smallest absolute Gasteiger partial charge is 0.333 e. The summed E-state index contributed by atoms with van der Waals surface area (Å²) < 4.78 is 18.4. The van der Waals surface area contributed by atoms with E-state index >= 15 is 0 Å². The SMILES string of the molecule is C/C=C(/C)C(=O)O[C@@H]1[C@@H](O[C@@H]2O[C@@H](C)[C@H](O)[C@@H](O)[C@H]2O)C[C@@]2(C)[C@H](CC[C@H](C)CC(=O)O)C(C)=CC[C@@H]2C1(C)C. The Morgan fingerprint density at radius 1 is 1.18 bits per heavy atom. The maximum atomic E-state index is 13.0. The minimum Gasteiger partial charge on any atom is -0.481 e. The lowest BCUT2D eigenvalue weighted by Gasteiger charge is -2.61. The Balaban J connectivity index is 1.99. The van der Waals surface area contributed by atoms with E-state index in [1.807, 2.05) is 6.92 Å². The summed E-state index contributed by atoms with van der Waals surface area (Å²) in [6, 6.07) is 0. The Hall–Kier alpha value is -1.78. The number of aliphatic hydroxyl groups is 3. The van der Waals surface area contributed by atoms with Crippen LogP contribution in [0.4, 0.5) is 0 Å². The second-order valence-electron chi connectivity index (χ2n) is 13.3. The fraction of sp³-hybridized carbons (Fsp3) is 0.806. The molecule has 0 amide bonds. The third kappa shape index (κ3) is 6.49. The molecule has 0 aromatic rings. The molecule has 1 heterocycles. The highest BCUT2D eigenvalue weighted by Gasteiger charge is 2.61. The van der Waals surface area contributed by atoms with Gasteiger partial charge in [0.05, 0.1) is 12.2 Å². The van der Waals surface area contributed by atoms with Crippen LogP contribution in [-0.4, -0.2) is 75.3 Å².